The second-order valence-corrected chi connectivity index (χ2v) is 7.85. The van der Waals surface area contributed by atoms with Crippen molar-refractivity contribution in [2.75, 3.05) is 0 Å². The van der Waals surface area contributed by atoms with Crippen LogP contribution in [-0.2, 0) is 4.79 Å². The molecule has 0 radical (unpaired) electrons. The van der Waals surface area contributed by atoms with E-state index in [-0.39, 0.29) is 11.4 Å². The van der Waals surface area contributed by atoms with E-state index in [4.69, 9.17) is 9.15 Å². The van der Waals surface area contributed by atoms with Crippen molar-refractivity contribution in [3.05, 3.63) is 64.5 Å². The predicted octanol–water partition coefficient (Wildman–Crippen LogP) is 6.81. The van der Waals surface area contributed by atoms with Crippen LogP contribution in [0.3, 0.4) is 0 Å². The number of aryl methyl sites for hydroxylation is 1. The summed E-state index contributed by atoms with van der Waals surface area (Å²) in [6.45, 7) is 4.21. The van der Waals surface area contributed by atoms with Gasteiger partial charge in [0.05, 0.1) is 10.9 Å². The number of carbonyl (C=O) groups is 1. The summed E-state index contributed by atoms with van der Waals surface area (Å²) in [6, 6.07) is 12.7. The van der Waals surface area contributed by atoms with Gasteiger partial charge in [-0.3, -0.25) is 9.59 Å². The van der Waals surface area contributed by atoms with E-state index in [0.717, 1.165) is 30.4 Å². The summed E-state index contributed by atoms with van der Waals surface area (Å²) in [6.07, 6.45) is 9.96. The average Bonchev–Trinajstić information content (AvgIpc) is 2.74. The number of hydrogen-bond acceptors (Lipinski definition) is 4. The van der Waals surface area contributed by atoms with E-state index in [2.05, 4.69) is 6.92 Å². The number of unbranched alkanes of at least 4 members (excludes halogenated alkanes) is 6. The lowest BCUT2D eigenvalue weighted by Gasteiger charge is -2.07. The van der Waals surface area contributed by atoms with Crippen LogP contribution in [0.5, 0.6) is 5.75 Å². The fraction of sp³-hybridized carbons (Fsp3) is 0.385. The van der Waals surface area contributed by atoms with Crippen LogP contribution in [0.2, 0.25) is 0 Å². The fourth-order valence-corrected chi connectivity index (χ4v) is 3.51. The quantitative estimate of drug-likeness (QED) is 0.211. The molecule has 4 heteroatoms. The molecular weight excluding hydrogens is 376 g/mol. The number of rotatable bonds is 10. The summed E-state index contributed by atoms with van der Waals surface area (Å²) in [7, 11) is 0. The van der Waals surface area contributed by atoms with Gasteiger partial charge in [-0.2, -0.15) is 0 Å². The fourth-order valence-electron chi connectivity index (χ4n) is 3.51. The average molecular weight is 407 g/mol. The first-order chi connectivity index (χ1) is 14.6. The Morgan fingerprint density at radius 3 is 2.37 bits per heavy atom. The van der Waals surface area contributed by atoms with Gasteiger partial charge < -0.3 is 9.15 Å². The molecule has 0 N–H and O–H groups in total. The largest absolute Gasteiger partial charge is 0.463 e. The van der Waals surface area contributed by atoms with E-state index < -0.39 is 0 Å². The highest BCUT2D eigenvalue weighted by atomic mass is 16.5. The molecule has 0 bridgehead atoms. The Kier molecular flexibility index (Phi) is 7.83. The molecule has 0 saturated carbocycles. The highest BCUT2D eigenvalue weighted by molar-refractivity contribution is 5.83. The molecule has 3 aromatic rings. The third-order valence-electron chi connectivity index (χ3n) is 5.32. The highest BCUT2D eigenvalue weighted by Crippen LogP contribution is 2.24. The van der Waals surface area contributed by atoms with E-state index in [1.54, 1.807) is 18.2 Å². The molecule has 30 heavy (non-hydrogen) atoms. The van der Waals surface area contributed by atoms with Crippen molar-refractivity contribution in [1.29, 1.82) is 0 Å². The minimum absolute atomic E-state index is 0.0962. The number of carbonyl (C=O) groups excluding carboxylic acids is 1. The smallest absolute Gasteiger partial charge is 0.311 e. The standard InChI is InChI=1S/C26H30O4/c1-3-4-5-6-7-8-9-10-25(27)30-21-15-16-22-24(17-21)29-18-23(26(22)28)20-13-11-19(2)12-14-20/h11-18H,3-10H2,1-2H3. The maximum absolute atomic E-state index is 12.8. The molecule has 4 nitrogen and oxygen atoms in total. The van der Waals surface area contributed by atoms with Crippen LogP contribution in [-0.4, -0.2) is 5.97 Å². The highest BCUT2D eigenvalue weighted by Gasteiger charge is 2.11. The van der Waals surface area contributed by atoms with Crippen molar-refractivity contribution in [2.45, 2.75) is 65.2 Å². The molecule has 0 aliphatic rings. The van der Waals surface area contributed by atoms with Gasteiger partial charge in [0.25, 0.3) is 0 Å². The lowest BCUT2D eigenvalue weighted by molar-refractivity contribution is -0.134. The van der Waals surface area contributed by atoms with E-state index in [1.807, 2.05) is 31.2 Å². The summed E-state index contributed by atoms with van der Waals surface area (Å²) >= 11 is 0. The molecule has 0 fully saturated rings. The van der Waals surface area contributed by atoms with Gasteiger partial charge in [-0.25, -0.2) is 0 Å². The Balaban J connectivity index is 1.60. The Labute approximate surface area is 177 Å². The van der Waals surface area contributed by atoms with E-state index in [1.165, 1.54) is 31.9 Å². The molecule has 2 aromatic carbocycles. The monoisotopic (exact) mass is 406 g/mol. The number of benzene rings is 2. The number of esters is 1. The zero-order chi connectivity index (χ0) is 21.3. The van der Waals surface area contributed by atoms with Crippen molar-refractivity contribution >= 4 is 16.9 Å². The third kappa shape index (κ3) is 5.82. The van der Waals surface area contributed by atoms with E-state index in [0.29, 0.717) is 28.7 Å². The van der Waals surface area contributed by atoms with Crippen molar-refractivity contribution in [2.24, 2.45) is 0 Å². The first-order valence-corrected chi connectivity index (χ1v) is 10.9. The van der Waals surface area contributed by atoms with E-state index >= 15 is 0 Å². The summed E-state index contributed by atoms with van der Waals surface area (Å²) in [4.78, 5) is 25.0. The van der Waals surface area contributed by atoms with Crippen LogP contribution in [0.25, 0.3) is 22.1 Å². The minimum Gasteiger partial charge on any atom is -0.463 e. The maximum atomic E-state index is 12.8. The van der Waals surface area contributed by atoms with E-state index in [9.17, 15) is 9.59 Å². The van der Waals surface area contributed by atoms with Crippen molar-refractivity contribution in [3.63, 3.8) is 0 Å². The molecule has 0 unspecified atom stereocenters. The van der Waals surface area contributed by atoms with Crippen molar-refractivity contribution in [1.82, 2.24) is 0 Å². The van der Waals surface area contributed by atoms with Crippen LogP contribution < -0.4 is 10.2 Å². The Hall–Kier alpha value is -2.88. The summed E-state index contributed by atoms with van der Waals surface area (Å²) in [5, 5.41) is 0.472. The molecule has 0 atom stereocenters. The van der Waals surface area contributed by atoms with Gasteiger partial charge in [0.15, 0.2) is 5.43 Å². The first-order valence-electron chi connectivity index (χ1n) is 10.9. The van der Waals surface area contributed by atoms with Gasteiger partial charge in [0.2, 0.25) is 0 Å². The topological polar surface area (TPSA) is 56.5 Å². The van der Waals surface area contributed by atoms with Gasteiger partial charge in [-0.1, -0.05) is 75.3 Å². The Morgan fingerprint density at radius 1 is 0.933 bits per heavy atom. The third-order valence-corrected chi connectivity index (χ3v) is 5.32. The van der Waals surface area contributed by atoms with Crippen LogP contribution in [0.15, 0.2) is 57.9 Å². The zero-order valence-corrected chi connectivity index (χ0v) is 17.9. The molecule has 0 amide bonds. The summed E-state index contributed by atoms with van der Waals surface area (Å²) in [5.41, 5.74) is 2.79. The van der Waals surface area contributed by atoms with Gasteiger partial charge in [-0.15, -0.1) is 0 Å². The van der Waals surface area contributed by atoms with Crippen LogP contribution >= 0.6 is 0 Å². The first kappa shape index (κ1) is 21.8. The number of hydrogen-bond donors (Lipinski definition) is 0. The van der Waals surface area contributed by atoms with Crippen LogP contribution in [0.4, 0.5) is 0 Å². The molecule has 0 saturated heterocycles. The molecule has 0 spiro atoms. The molecule has 0 aliphatic heterocycles. The van der Waals surface area contributed by atoms with Crippen LogP contribution in [0, 0.1) is 6.92 Å². The molecule has 1 aromatic heterocycles. The molecule has 0 aliphatic carbocycles. The van der Waals surface area contributed by atoms with Gasteiger partial charge in [0, 0.05) is 12.5 Å². The second kappa shape index (κ2) is 10.8. The number of fused-ring (bicyclic) bond motifs is 1. The predicted molar refractivity (Wildman–Crippen MR) is 121 cm³/mol. The van der Waals surface area contributed by atoms with Gasteiger partial charge in [-0.05, 0) is 31.0 Å². The lowest BCUT2D eigenvalue weighted by atomic mass is 10.0. The molecule has 3 rings (SSSR count). The molecule has 1 heterocycles. The van der Waals surface area contributed by atoms with Gasteiger partial charge in [0.1, 0.15) is 17.6 Å². The Morgan fingerprint density at radius 2 is 1.63 bits per heavy atom. The molecule has 158 valence electrons. The maximum Gasteiger partial charge on any atom is 0.311 e. The van der Waals surface area contributed by atoms with Crippen molar-refractivity contribution < 1.29 is 13.9 Å². The summed E-state index contributed by atoms with van der Waals surface area (Å²) in [5.74, 6) is 0.156. The van der Waals surface area contributed by atoms with Crippen molar-refractivity contribution in [3.8, 4) is 16.9 Å². The SMILES string of the molecule is CCCCCCCCCC(=O)Oc1ccc2c(=O)c(-c3ccc(C)cc3)coc2c1. The number of ether oxygens (including phenoxy) is 1. The second-order valence-electron chi connectivity index (χ2n) is 7.85. The van der Waals surface area contributed by atoms with Gasteiger partial charge >= 0.3 is 5.97 Å². The summed E-state index contributed by atoms with van der Waals surface area (Å²) < 4.78 is 11.1. The minimum atomic E-state index is -0.249. The lowest BCUT2D eigenvalue weighted by Crippen LogP contribution is -2.08. The Bertz CT molecular complexity index is 1030. The normalized spacial score (nSPS) is 11.0. The van der Waals surface area contributed by atoms with Crippen LogP contribution in [0.1, 0.15) is 63.9 Å². The zero-order valence-electron chi connectivity index (χ0n) is 17.9. The molecular formula is C26H30O4.